The van der Waals surface area contributed by atoms with Crippen LogP contribution in [0.4, 0.5) is 5.69 Å². The summed E-state index contributed by atoms with van der Waals surface area (Å²) in [5.41, 5.74) is 1.50. The van der Waals surface area contributed by atoms with Gasteiger partial charge in [-0.2, -0.15) is 0 Å². The molecule has 0 spiro atoms. The van der Waals surface area contributed by atoms with Crippen molar-refractivity contribution in [1.29, 1.82) is 0 Å². The van der Waals surface area contributed by atoms with Crippen LogP contribution in [0, 0.1) is 0 Å². The van der Waals surface area contributed by atoms with Crippen molar-refractivity contribution in [2.75, 3.05) is 10.8 Å². The van der Waals surface area contributed by atoms with Gasteiger partial charge in [-0.15, -0.1) is 0 Å². The number of hydrogen-bond donors (Lipinski definition) is 1. The van der Waals surface area contributed by atoms with Gasteiger partial charge in [-0.3, -0.25) is 13.9 Å². The van der Waals surface area contributed by atoms with Gasteiger partial charge in [-0.25, -0.2) is 8.42 Å². The van der Waals surface area contributed by atoms with Crippen molar-refractivity contribution in [2.45, 2.75) is 70.5 Å². The zero-order valence-electron chi connectivity index (χ0n) is 24.0. The Balaban J connectivity index is 2.08. The molecule has 0 fully saturated rings. The van der Waals surface area contributed by atoms with Crippen LogP contribution in [0.2, 0.25) is 10.0 Å². The maximum Gasteiger partial charge on any atom is 0.264 e. The second-order valence-corrected chi connectivity index (χ2v) is 13.5. The van der Waals surface area contributed by atoms with Crippen molar-refractivity contribution in [2.24, 2.45) is 0 Å². The lowest BCUT2D eigenvalue weighted by molar-refractivity contribution is -0.141. The summed E-state index contributed by atoms with van der Waals surface area (Å²) in [5, 5.41) is 3.63. The van der Waals surface area contributed by atoms with Gasteiger partial charge in [0.1, 0.15) is 12.6 Å². The molecule has 0 aromatic heterocycles. The van der Waals surface area contributed by atoms with Gasteiger partial charge in [0, 0.05) is 12.1 Å². The molecule has 2 amide bonds. The van der Waals surface area contributed by atoms with Crippen LogP contribution in [0.15, 0.2) is 77.7 Å². The molecular formula is C31H37Cl2N3O4S. The Morgan fingerprint density at radius 2 is 1.49 bits per heavy atom. The quantitative estimate of drug-likeness (QED) is 0.267. The van der Waals surface area contributed by atoms with Gasteiger partial charge < -0.3 is 10.2 Å². The van der Waals surface area contributed by atoms with Crippen LogP contribution in [-0.2, 0) is 32.6 Å². The molecule has 7 nitrogen and oxygen atoms in total. The number of nitrogens with one attached hydrogen (secondary N) is 1. The molecule has 0 radical (unpaired) electrons. The van der Waals surface area contributed by atoms with Crippen molar-refractivity contribution in [3.63, 3.8) is 0 Å². The van der Waals surface area contributed by atoms with E-state index in [9.17, 15) is 18.0 Å². The summed E-state index contributed by atoms with van der Waals surface area (Å²) >= 11 is 12.4. The smallest absolute Gasteiger partial charge is 0.264 e. The average Bonchev–Trinajstić information content (AvgIpc) is 2.93. The topological polar surface area (TPSA) is 86.8 Å². The van der Waals surface area contributed by atoms with Crippen molar-refractivity contribution >= 4 is 50.7 Å². The molecular weight excluding hydrogens is 581 g/mol. The molecule has 0 bridgehead atoms. The second-order valence-electron chi connectivity index (χ2n) is 10.8. The maximum absolute atomic E-state index is 14.1. The number of rotatable bonds is 11. The molecule has 1 atom stereocenters. The normalized spacial score (nSPS) is 12.5. The molecule has 3 rings (SSSR count). The van der Waals surface area contributed by atoms with Gasteiger partial charge in [0.25, 0.3) is 10.0 Å². The first-order valence-corrected chi connectivity index (χ1v) is 15.7. The summed E-state index contributed by atoms with van der Waals surface area (Å²) in [5.74, 6) is -0.871. The van der Waals surface area contributed by atoms with Crippen molar-refractivity contribution in [3.05, 3.63) is 94.0 Å². The fraction of sp³-hybridized carbons (Fsp3) is 0.355. The Morgan fingerprint density at radius 1 is 0.878 bits per heavy atom. The van der Waals surface area contributed by atoms with Gasteiger partial charge in [0.2, 0.25) is 11.8 Å². The minimum absolute atomic E-state index is 0.0276. The first-order chi connectivity index (χ1) is 19.3. The third-order valence-electron chi connectivity index (χ3n) is 6.46. The predicted octanol–water partition coefficient (Wildman–Crippen LogP) is 6.47. The molecule has 1 unspecified atom stereocenters. The highest BCUT2D eigenvalue weighted by molar-refractivity contribution is 7.92. The van der Waals surface area contributed by atoms with Gasteiger partial charge in [0.15, 0.2) is 0 Å². The number of halogens is 2. The van der Waals surface area contributed by atoms with E-state index in [1.54, 1.807) is 48.5 Å². The molecule has 10 heteroatoms. The number of nitrogens with zero attached hydrogens (tertiary/aromatic N) is 2. The van der Waals surface area contributed by atoms with E-state index in [1.165, 1.54) is 17.0 Å². The van der Waals surface area contributed by atoms with Crippen molar-refractivity contribution in [3.8, 4) is 0 Å². The van der Waals surface area contributed by atoms with E-state index in [1.807, 2.05) is 46.8 Å². The average molecular weight is 619 g/mol. The number of aryl methyl sites for hydroxylation is 1. The molecule has 1 N–H and O–H groups in total. The Hall–Kier alpha value is -3.07. The van der Waals surface area contributed by atoms with Crippen molar-refractivity contribution < 1.29 is 18.0 Å². The Bertz CT molecular complexity index is 1460. The minimum Gasteiger partial charge on any atom is -0.350 e. The van der Waals surface area contributed by atoms with E-state index in [4.69, 9.17) is 23.2 Å². The molecule has 0 aliphatic rings. The number of anilines is 1. The van der Waals surface area contributed by atoms with Crippen molar-refractivity contribution in [1.82, 2.24) is 10.2 Å². The predicted molar refractivity (Wildman–Crippen MR) is 166 cm³/mol. The number of amides is 2. The highest BCUT2D eigenvalue weighted by Crippen LogP contribution is 2.27. The summed E-state index contributed by atoms with van der Waals surface area (Å²) in [7, 11) is -4.12. The third kappa shape index (κ3) is 8.47. The second kappa shape index (κ2) is 13.7. The summed E-state index contributed by atoms with van der Waals surface area (Å²) < 4.78 is 28.9. The van der Waals surface area contributed by atoms with Gasteiger partial charge >= 0.3 is 0 Å². The SMILES string of the molecule is CCc1ccc(N(CC(=O)N(Cc2ccc(Cl)c(Cl)c2)C(CC)C(=O)NC(C)(C)C)S(=O)(=O)c2ccccc2)cc1. The minimum atomic E-state index is -4.12. The Morgan fingerprint density at radius 3 is 2.02 bits per heavy atom. The van der Waals surface area contributed by atoms with Crippen LogP contribution in [-0.4, -0.2) is 43.3 Å². The number of carbonyl (C=O) groups excluding carboxylic acids is 2. The van der Waals surface area contributed by atoms with Crippen LogP contribution in [0.5, 0.6) is 0 Å². The molecule has 0 aliphatic heterocycles. The van der Waals surface area contributed by atoms with E-state index in [0.29, 0.717) is 27.7 Å². The number of sulfonamides is 1. The highest BCUT2D eigenvalue weighted by atomic mass is 35.5. The standard InChI is InChI=1S/C31H37Cl2N3O4S/c1-6-22-13-16-24(17-14-22)36(41(39,40)25-11-9-8-10-12-25)21-29(37)35(20-23-15-18-26(32)27(33)19-23)28(7-2)30(38)34-31(3,4)5/h8-19,28H,6-7,20-21H2,1-5H3,(H,34,38). The van der Waals surface area contributed by atoms with Crippen LogP contribution in [0.1, 0.15) is 52.2 Å². The van der Waals surface area contributed by atoms with Crippen LogP contribution < -0.4 is 9.62 Å². The first-order valence-electron chi connectivity index (χ1n) is 13.5. The molecule has 220 valence electrons. The molecule has 0 saturated heterocycles. The summed E-state index contributed by atoms with van der Waals surface area (Å²) in [6.45, 7) is 8.91. The molecule has 0 aliphatic carbocycles. The zero-order chi connectivity index (χ0) is 30.4. The van der Waals surface area contributed by atoms with Crippen LogP contribution >= 0.6 is 23.2 Å². The molecule has 3 aromatic rings. The van der Waals surface area contributed by atoms with E-state index in [0.717, 1.165) is 16.3 Å². The van der Waals surface area contributed by atoms with Gasteiger partial charge in [-0.05, 0) is 81.1 Å². The third-order valence-corrected chi connectivity index (χ3v) is 8.99. The summed E-state index contributed by atoms with van der Waals surface area (Å²) in [6.07, 6.45) is 1.09. The first kappa shape index (κ1) is 32.4. The van der Waals surface area contributed by atoms with E-state index in [2.05, 4.69) is 5.32 Å². The zero-order valence-corrected chi connectivity index (χ0v) is 26.4. The van der Waals surface area contributed by atoms with E-state index in [-0.39, 0.29) is 17.3 Å². The Kier molecular flexibility index (Phi) is 10.9. The largest absolute Gasteiger partial charge is 0.350 e. The van der Waals surface area contributed by atoms with Crippen LogP contribution in [0.25, 0.3) is 0 Å². The number of hydrogen-bond acceptors (Lipinski definition) is 4. The maximum atomic E-state index is 14.1. The summed E-state index contributed by atoms with van der Waals surface area (Å²) in [4.78, 5) is 29.0. The molecule has 0 heterocycles. The lowest BCUT2D eigenvalue weighted by Crippen LogP contribution is -2.55. The fourth-order valence-corrected chi connectivity index (χ4v) is 6.11. The van der Waals surface area contributed by atoms with Gasteiger partial charge in [0.05, 0.1) is 20.6 Å². The number of benzene rings is 3. The summed E-state index contributed by atoms with van der Waals surface area (Å²) in [6, 6.07) is 19.2. The van der Waals surface area contributed by atoms with Gasteiger partial charge in [-0.1, -0.05) is 73.4 Å². The monoisotopic (exact) mass is 617 g/mol. The number of carbonyl (C=O) groups is 2. The molecule has 3 aromatic carbocycles. The molecule has 41 heavy (non-hydrogen) atoms. The lowest BCUT2D eigenvalue weighted by Gasteiger charge is -2.34. The lowest BCUT2D eigenvalue weighted by atomic mass is 10.1. The molecule has 0 saturated carbocycles. The Labute approximate surface area is 253 Å². The highest BCUT2D eigenvalue weighted by Gasteiger charge is 2.34. The fourth-order valence-electron chi connectivity index (χ4n) is 4.35. The van der Waals surface area contributed by atoms with Crippen LogP contribution in [0.3, 0.4) is 0 Å². The van der Waals surface area contributed by atoms with E-state index < -0.39 is 34.1 Å². The van der Waals surface area contributed by atoms with E-state index >= 15 is 0 Å².